The lowest BCUT2D eigenvalue weighted by atomic mass is 10.2. The van der Waals surface area contributed by atoms with Crippen LogP contribution in [0.5, 0.6) is 0 Å². The molecule has 0 aliphatic carbocycles. The summed E-state index contributed by atoms with van der Waals surface area (Å²) in [7, 11) is 2.12. The molecule has 1 rings (SSSR count). The first-order chi connectivity index (χ1) is 6.72. The van der Waals surface area contributed by atoms with Gasteiger partial charge in [0.15, 0.2) is 0 Å². The molecule has 0 spiro atoms. The molecule has 78 valence electrons. The van der Waals surface area contributed by atoms with Gasteiger partial charge in [0, 0.05) is 11.0 Å². The Kier molecular flexibility index (Phi) is 5.15. The minimum absolute atomic E-state index is 0.769. The van der Waals surface area contributed by atoms with Gasteiger partial charge in [-0.1, -0.05) is 28.1 Å². The monoisotopic (exact) mass is 256 g/mol. The molecule has 0 saturated heterocycles. The van der Waals surface area contributed by atoms with E-state index >= 15 is 0 Å². The van der Waals surface area contributed by atoms with Crippen LogP contribution in [0.2, 0.25) is 0 Å². The Balaban J connectivity index is 2.39. The Labute approximate surface area is 94.2 Å². The van der Waals surface area contributed by atoms with Crippen LogP contribution in [-0.2, 0) is 6.54 Å². The van der Waals surface area contributed by atoms with Crippen LogP contribution >= 0.6 is 15.9 Å². The maximum atomic E-state index is 5.46. The van der Waals surface area contributed by atoms with Gasteiger partial charge in [-0.05, 0) is 44.3 Å². The zero-order valence-corrected chi connectivity index (χ0v) is 10.1. The van der Waals surface area contributed by atoms with E-state index in [9.17, 15) is 0 Å². The van der Waals surface area contributed by atoms with E-state index in [0.717, 1.165) is 30.5 Å². The highest BCUT2D eigenvalue weighted by Gasteiger charge is 1.99. The van der Waals surface area contributed by atoms with E-state index in [1.54, 1.807) is 0 Å². The number of rotatable bonds is 5. The molecule has 0 atom stereocenters. The second kappa shape index (κ2) is 6.17. The first kappa shape index (κ1) is 11.7. The zero-order chi connectivity index (χ0) is 10.4. The Bertz CT molecular complexity index is 258. The number of nitrogens with zero attached hydrogens (tertiary/aromatic N) is 1. The minimum atomic E-state index is 0.769. The van der Waals surface area contributed by atoms with Crippen molar-refractivity contribution in [2.24, 2.45) is 5.73 Å². The Hall–Kier alpha value is -0.380. The van der Waals surface area contributed by atoms with Gasteiger partial charge in [-0.2, -0.15) is 0 Å². The second-order valence-corrected chi connectivity index (χ2v) is 4.42. The molecular weight excluding hydrogens is 240 g/mol. The van der Waals surface area contributed by atoms with Crippen LogP contribution in [0, 0.1) is 0 Å². The number of benzene rings is 1. The third-order valence-electron chi connectivity index (χ3n) is 2.11. The third kappa shape index (κ3) is 4.22. The van der Waals surface area contributed by atoms with Crippen LogP contribution in [0.3, 0.4) is 0 Å². The third-order valence-corrected chi connectivity index (χ3v) is 2.64. The molecule has 0 saturated carbocycles. The highest BCUT2D eigenvalue weighted by Crippen LogP contribution is 2.11. The molecule has 0 aliphatic heterocycles. The van der Waals surface area contributed by atoms with Crippen LogP contribution in [-0.4, -0.2) is 25.0 Å². The van der Waals surface area contributed by atoms with Gasteiger partial charge < -0.3 is 10.6 Å². The lowest BCUT2D eigenvalue weighted by Crippen LogP contribution is -2.21. The zero-order valence-electron chi connectivity index (χ0n) is 8.54. The molecule has 0 heterocycles. The molecule has 2 N–H and O–H groups in total. The molecule has 0 aliphatic rings. The predicted molar refractivity (Wildman–Crippen MR) is 64.1 cm³/mol. The Morgan fingerprint density at radius 2 is 1.93 bits per heavy atom. The smallest absolute Gasteiger partial charge is 0.0230 e. The molecule has 0 aromatic heterocycles. The van der Waals surface area contributed by atoms with Crippen molar-refractivity contribution in [2.75, 3.05) is 20.1 Å². The summed E-state index contributed by atoms with van der Waals surface area (Å²) in [5.41, 5.74) is 6.80. The lowest BCUT2D eigenvalue weighted by Gasteiger charge is -2.15. The summed E-state index contributed by atoms with van der Waals surface area (Å²) in [4.78, 5) is 2.29. The van der Waals surface area contributed by atoms with Gasteiger partial charge in [0.25, 0.3) is 0 Å². The number of nitrogens with two attached hydrogens (primary N) is 1. The van der Waals surface area contributed by atoms with Crippen LogP contribution in [0.4, 0.5) is 0 Å². The van der Waals surface area contributed by atoms with Gasteiger partial charge in [0.1, 0.15) is 0 Å². The van der Waals surface area contributed by atoms with Crippen LogP contribution in [0.15, 0.2) is 28.7 Å². The van der Waals surface area contributed by atoms with E-state index < -0.39 is 0 Å². The summed E-state index contributed by atoms with van der Waals surface area (Å²) in [5, 5.41) is 0. The molecule has 0 unspecified atom stereocenters. The van der Waals surface area contributed by atoms with Gasteiger partial charge in [0.2, 0.25) is 0 Å². The molecule has 1 aromatic carbocycles. The maximum Gasteiger partial charge on any atom is 0.0230 e. The second-order valence-electron chi connectivity index (χ2n) is 3.51. The average Bonchev–Trinajstić information content (AvgIpc) is 2.18. The van der Waals surface area contributed by atoms with E-state index in [-0.39, 0.29) is 0 Å². The van der Waals surface area contributed by atoms with Crippen molar-refractivity contribution in [1.29, 1.82) is 0 Å². The van der Waals surface area contributed by atoms with Crippen LogP contribution < -0.4 is 5.73 Å². The fourth-order valence-corrected chi connectivity index (χ4v) is 1.61. The highest BCUT2D eigenvalue weighted by molar-refractivity contribution is 9.10. The largest absolute Gasteiger partial charge is 0.330 e. The van der Waals surface area contributed by atoms with Crippen molar-refractivity contribution < 1.29 is 0 Å². The standard InChI is InChI=1S/C11H17BrN2/c1-14(8-2-7-13)9-10-3-5-11(12)6-4-10/h3-6H,2,7-9,13H2,1H3. The number of halogens is 1. The minimum Gasteiger partial charge on any atom is -0.330 e. The molecule has 0 amide bonds. The lowest BCUT2D eigenvalue weighted by molar-refractivity contribution is 0.324. The summed E-state index contributed by atoms with van der Waals surface area (Å²) in [6.45, 7) is 2.82. The number of hydrogen-bond acceptors (Lipinski definition) is 2. The number of hydrogen-bond donors (Lipinski definition) is 1. The van der Waals surface area contributed by atoms with Crippen molar-refractivity contribution in [3.05, 3.63) is 34.3 Å². The average molecular weight is 257 g/mol. The van der Waals surface area contributed by atoms with Gasteiger partial charge >= 0.3 is 0 Å². The van der Waals surface area contributed by atoms with Crippen molar-refractivity contribution in [3.8, 4) is 0 Å². The molecule has 0 bridgehead atoms. The Morgan fingerprint density at radius 3 is 2.50 bits per heavy atom. The van der Waals surface area contributed by atoms with Crippen molar-refractivity contribution in [1.82, 2.24) is 4.90 Å². The molecule has 0 fully saturated rings. The highest BCUT2D eigenvalue weighted by atomic mass is 79.9. The molecular formula is C11H17BrN2. The fourth-order valence-electron chi connectivity index (χ4n) is 1.34. The first-order valence-electron chi connectivity index (χ1n) is 4.85. The predicted octanol–water partition coefficient (Wildman–Crippen LogP) is 2.23. The van der Waals surface area contributed by atoms with Crippen molar-refractivity contribution in [3.63, 3.8) is 0 Å². The van der Waals surface area contributed by atoms with Crippen LogP contribution in [0.1, 0.15) is 12.0 Å². The first-order valence-corrected chi connectivity index (χ1v) is 5.64. The maximum absolute atomic E-state index is 5.46. The molecule has 3 heteroatoms. The molecule has 2 nitrogen and oxygen atoms in total. The van der Waals surface area contributed by atoms with E-state index in [2.05, 4.69) is 52.1 Å². The summed E-state index contributed by atoms with van der Waals surface area (Å²) in [6, 6.07) is 8.43. The quantitative estimate of drug-likeness (QED) is 0.876. The van der Waals surface area contributed by atoms with Gasteiger partial charge in [0.05, 0.1) is 0 Å². The molecule has 1 aromatic rings. The summed E-state index contributed by atoms with van der Waals surface area (Å²) < 4.78 is 1.13. The van der Waals surface area contributed by atoms with Gasteiger partial charge in [-0.25, -0.2) is 0 Å². The summed E-state index contributed by atoms with van der Waals surface area (Å²) in [5.74, 6) is 0. The molecule has 0 radical (unpaired) electrons. The van der Waals surface area contributed by atoms with Crippen molar-refractivity contribution in [2.45, 2.75) is 13.0 Å². The van der Waals surface area contributed by atoms with Crippen molar-refractivity contribution >= 4 is 15.9 Å². The Morgan fingerprint density at radius 1 is 1.29 bits per heavy atom. The normalized spacial score (nSPS) is 10.9. The van der Waals surface area contributed by atoms with Gasteiger partial charge in [-0.3, -0.25) is 0 Å². The van der Waals surface area contributed by atoms with Gasteiger partial charge in [-0.15, -0.1) is 0 Å². The fraction of sp³-hybridized carbons (Fsp3) is 0.455. The van der Waals surface area contributed by atoms with Crippen LogP contribution in [0.25, 0.3) is 0 Å². The van der Waals surface area contributed by atoms with E-state index in [4.69, 9.17) is 5.73 Å². The SMILES string of the molecule is CN(CCCN)Cc1ccc(Br)cc1. The summed E-state index contributed by atoms with van der Waals surface area (Å²) >= 11 is 3.42. The van der Waals surface area contributed by atoms with E-state index in [1.165, 1.54) is 5.56 Å². The topological polar surface area (TPSA) is 29.3 Å². The van der Waals surface area contributed by atoms with E-state index in [1.807, 2.05) is 0 Å². The summed E-state index contributed by atoms with van der Waals surface area (Å²) in [6.07, 6.45) is 1.06. The molecule has 14 heavy (non-hydrogen) atoms. The van der Waals surface area contributed by atoms with E-state index in [0.29, 0.717) is 0 Å².